The van der Waals surface area contributed by atoms with E-state index in [1.807, 2.05) is 0 Å². The summed E-state index contributed by atoms with van der Waals surface area (Å²) in [6, 6.07) is 5.03. The van der Waals surface area contributed by atoms with E-state index in [4.69, 9.17) is 0 Å². The van der Waals surface area contributed by atoms with Gasteiger partial charge in [0.15, 0.2) is 0 Å². The summed E-state index contributed by atoms with van der Waals surface area (Å²) in [7, 11) is 0. The second kappa shape index (κ2) is 8.41. The maximum Gasteiger partial charge on any atom is 0.416 e. The SMILES string of the molecule is O=c1c(Nc2ccc(C(F)(F)F)cc2)c(NC2CCCC(N3CCCCC3)C2)c1=O. The molecule has 0 amide bonds. The number of hydrogen-bond donors (Lipinski definition) is 2. The van der Waals surface area contributed by atoms with Crippen LogP contribution in [0.15, 0.2) is 33.9 Å². The van der Waals surface area contributed by atoms with Gasteiger partial charge in [0.05, 0.1) is 5.56 Å². The summed E-state index contributed by atoms with van der Waals surface area (Å²) in [6.07, 6.45) is 3.41. The molecule has 1 aliphatic heterocycles. The first kappa shape index (κ1) is 20.9. The summed E-state index contributed by atoms with van der Waals surface area (Å²) in [6.45, 7) is 2.25. The number of nitrogens with one attached hydrogen (secondary N) is 2. The first-order valence-electron chi connectivity index (χ1n) is 10.6. The van der Waals surface area contributed by atoms with Gasteiger partial charge >= 0.3 is 6.18 Å². The third kappa shape index (κ3) is 4.38. The molecule has 2 fully saturated rings. The molecule has 1 saturated carbocycles. The van der Waals surface area contributed by atoms with Crippen LogP contribution in [-0.4, -0.2) is 30.1 Å². The summed E-state index contributed by atoms with van der Waals surface area (Å²) >= 11 is 0. The molecular formula is C22H26F3N3O2. The Hall–Kier alpha value is -2.35. The normalized spacial score (nSPS) is 23.4. The second-order valence-electron chi connectivity index (χ2n) is 8.37. The maximum atomic E-state index is 12.7. The van der Waals surface area contributed by atoms with Gasteiger partial charge < -0.3 is 15.5 Å². The average molecular weight is 421 g/mol. The lowest BCUT2D eigenvalue weighted by Crippen LogP contribution is -2.46. The van der Waals surface area contributed by atoms with Gasteiger partial charge in [-0.05, 0) is 75.9 Å². The number of hydrogen-bond acceptors (Lipinski definition) is 5. The zero-order valence-corrected chi connectivity index (χ0v) is 16.7. The summed E-state index contributed by atoms with van der Waals surface area (Å²) < 4.78 is 38.2. The van der Waals surface area contributed by atoms with Crippen LogP contribution in [0.25, 0.3) is 0 Å². The van der Waals surface area contributed by atoms with Crippen LogP contribution in [0.3, 0.4) is 0 Å². The molecule has 2 aromatic carbocycles. The summed E-state index contributed by atoms with van der Waals surface area (Å²) in [5.41, 5.74) is -1.23. The maximum absolute atomic E-state index is 12.7. The smallest absolute Gasteiger partial charge is 0.377 e. The minimum Gasteiger partial charge on any atom is -0.377 e. The molecular weight excluding hydrogens is 395 g/mol. The van der Waals surface area contributed by atoms with Crippen LogP contribution in [0.4, 0.5) is 30.2 Å². The van der Waals surface area contributed by atoms with E-state index in [2.05, 4.69) is 15.5 Å². The number of rotatable bonds is 5. The number of halogens is 3. The molecule has 2 unspecified atom stereocenters. The molecule has 1 aliphatic carbocycles. The van der Waals surface area contributed by atoms with Gasteiger partial charge in [-0.3, -0.25) is 9.59 Å². The predicted octanol–water partition coefficient (Wildman–Crippen LogP) is 4.25. The molecule has 162 valence electrons. The summed E-state index contributed by atoms with van der Waals surface area (Å²) in [5, 5.41) is 6.07. The number of benzene rings is 1. The number of piperidine rings is 1. The summed E-state index contributed by atoms with van der Waals surface area (Å²) in [5.74, 6) is 0. The van der Waals surface area contributed by atoms with Crippen molar-refractivity contribution in [1.29, 1.82) is 0 Å². The second-order valence-corrected chi connectivity index (χ2v) is 8.37. The van der Waals surface area contributed by atoms with Gasteiger partial charge in [-0.15, -0.1) is 0 Å². The first-order valence-corrected chi connectivity index (χ1v) is 10.6. The Morgan fingerprint density at radius 2 is 1.53 bits per heavy atom. The van der Waals surface area contributed by atoms with Crippen LogP contribution < -0.4 is 21.5 Å². The monoisotopic (exact) mass is 421 g/mol. The molecule has 30 heavy (non-hydrogen) atoms. The Morgan fingerprint density at radius 1 is 0.867 bits per heavy atom. The van der Waals surface area contributed by atoms with Crippen molar-refractivity contribution in [3.8, 4) is 0 Å². The van der Waals surface area contributed by atoms with Crippen molar-refractivity contribution in [2.75, 3.05) is 23.7 Å². The van der Waals surface area contributed by atoms with Gasteiger partial charge in [-0.25, -0.2) is 0 Å². The fraction of sp³-hybridized carbons (Fsp3) is 0.545. The summed E-state index contributed by atoms with van der Waals surface area (Å²) in [4.78, 5) is 26.7. The molecule has 2 aliphatic rings. The average Bonchev–Trinajstić information content (AvgIpc) is 2.76. The standard InChI is InChI=1S/C22H26F3N3O2/c23-22(24,25)14-7-9-15(10-8-14)26-18-19(21(30)20(18)29)27-16-5-4-6-17(13-16)28-11-2-1-3-12-28/h7-10,16-17,26-27H,1-6,11-13H2. The Bertz CT molecular complexity index is 942. The topological polar surface area (TPSA) is 61.4 Å². The Labute approximate surface area is 173 Å². The van der Waals surface area contributed by atoms with Crippen LogP contribution in [0.5, 0.6) is 0 Å². The van der Waals surface area contributed by atoms with Crippen molar-refractivity contribution >= 4 is 17.1 Å². The van der Waals surface area contributed by atoms with E-state index in [1.165, 1.54) is 31.4 Å². The first-order chi connectivity index (χ1) is 14.3. The third-order valence-corrected chi connectivity index (χ3v) is 6.29. The molecule has 0 aromatic heterocycles. The zero-order valence-electron chi connectivity index (χ0n) is 16.7. The van der Waals surface area contributed by atoms with Crippen molar-refractivity contribution in [2.24, 2.45) is 0 Å². The molecule has 4 rings (SSSR count). The third-order valence-electron chi connectivity index (χ3n) is 6.29. The van der Waals surface area contributed by atoms with E-state index in [0.29, 0.717) is 11.7 Å². The number of anilines is 3. The molecule has 5 nitrogen and oxygen atoms in total. The number of alkyl halides is 3. The van der Waals surface area contributed by atoms with Crippen molar-refractivity contribution in [1.82, 2.24) is 4.90 Å². The Kier molecular flexibility index (Phi) is 5.86. The molecule has 1 saturated heterocycles. The largest absolute Gasteiger partial charge is 0.416 e. The van der Waals surface area contributed by atoms with E-state index in [0.717, 1.165) is 50.9 Å². The fourth-order valence-corrected chi connectivity index (χ4v) is 4.65. The molecule has 8 heteroatoms. The van der Waals surface area contributed by atoms with Crippen LogP contribution >= 0.6 is 0 Å². The van der Waals surface area contributed by atoms with Gasteiger partial charge in [0.25, 0.3) is 10.9 Å². The van der Waals surface area contributed by atoms with Gasteiger partial charge in [0, 0.05) is 17.8 Å². The molecule has 2 N–H and O–H groups in total. The fourth-order valence-electron chi connectivity index (χ4n) is 4.65. The van der Waals surface area contributed by atoms with Crippen molar-refractivity contribution in [2.45, 2.75) is 63.2 Å². The number of nitrogens with zero attached hydrogens (tertiary/aromatic N) is 1. The van der Waals surface area contributed by atoms with Gasteiger partial charge in [0.2, 0.25) is 0 Å². The lowest BCUT2D eigenvalue weighted by atomic mass is 9.88. The van der Waals surface area contributed by atoms with Gasteiger partial charge in [0.1, 0.15) is 11.4 Å². The van der Waals surface area contributed by atoms with Crippen LogP contribution in [0.2, 0.25) is 0 Å². The molecule has 0 bridgehead atoms. The minimum atomic E-state index is -4.42. The lowest BCUT2D eigenvalue weighted by molar-refractivity contribution is -0.137. The Morgan fingerprint density at radius 3 is 2.20 bits per heavy atom. The van der Waals surface area contributed by atoms with E-state index in [-0.39, 0.29) is 17.4 Å². The highest BCUT2D eigenvalue weighted by Gasteiger charge is 2.31. The van der Waals surface area contributed by atoms with E-state index in [9.17, 15) is 22.8 Å². The van der Waals surface area contributed by atoms with Crippen LogP contribution in [-0.2, 0) is 6.18 Å². The van der Waals surface area contributed by atoms with E-state index >= 15 is 0 Å². The minimum absolute atomic E-state index is 0.113. The van der Waals surface area contributed by atoms with E-state index in [1.54, 1.807) is 0 Å². The van der Waals surface area contributed by atoms with Crippen molar-refractivity contribution in [3.05, 3.63) is 50.3 Å². The molecule has 1 heterocycles. The molecule has 0 spiro atoms. The quantitative estimate of drug-likeness (QED) is 0.707. The van der Waals surface area contributed by atoms with Crippen LogP contribution in [0, 0.1) is 0 Å². The Balaban J connectivity index is 1.43. The zero-order chi connectivity index (χ0) is 21.3. The van der Waals surface area contributed by atoms with Crippen molar-refractivity contribution in [3.63, 3.8) is 0 Å². The highest BCUT2D eigenvalue weighted by atomic mass is 19.4. The molecule has 0 radical (unpaired) electrons. The lowest BCUT2D eigenvalue weighted by Gasteiger charge is -2.40. The van der Waals surface area contributed by atoms with E-state index < -0.39 is 22.6 Å². The molecule has 2 atom stereocenters. The predicted molar refractivity (Wildman–Crippen MR) is 111 cm³/mol. The van der Waals surface area contributed by atoms with Gasteiger partial charge in [-0.2, -0.15) is 13.2 Å². The van der Waals surface area contributed by atoms with Crippen LogP contribution in [0.1, 0.15) is 50.5 Å². The number of likely N-dealkylation sites (tertiary alicyclic amines) is 1. The highest BCUT2D eigenvalue weighted by Crippen LogP contribution is 2.32. The molecule has 2 aromatic rings. The van der Waals surface area contributed by atoms with Crippen molar-refractivity contribution < 1.29 is 13.2 Å². The van der Waals surface area contributed by atoms with Gasteiger partial charge in [-0.1, -0.05) is 6.42 Å². The highest BCUT2D eigenvalue weighted by molar-refractivity contribution is 5.79.